The molecule has 1 amide bonds. The van der Waals surface area contributed by atoms with E-state index in [-0.39, 0.29) is 5.91 Å². The third-order valence-electron chi connectivity index (χ3n) is 2.41. The molecular formula is C10H17N3O. The van der Waals surface area contributed by atoms with Crippen LogP contribution in [0.5, 0.6) is 0 Å². The summed E-state index contributed by atoms with van der Waals surface area (Å²) in [4.78, 5) is 11.3. The molecule has 0 aromatic carbocycles. The highest BCUT2D eigenvalue weighted by Crippen LogP contribution is 2.10. The molecule has 4 nitrogen and oxygen atoms in total. The van der Waals surface area contributed by atoms with E-state index in [2.05, 4.69) is 10.4 Å². The number of amides is 1. The van der Waals surface area contributed by atoms with Crippen molar-refractivity contribution >= 4 is 5.91 Å². The first-order chi connectivity index (χ1) is 6.56. The van der Waals surface area contributed by atoms with Gasteiger partial charge in [0.2, 0.25) is 5.91 Å². The van der Waals surface area contributed by atoms with Gasteiger partial charge in [0, 0.05) is 12.2 Å². The van der Waals surface area contributed by atoms with Gasteiger partial charge in [0.05, 0.1) is 5.69 Å². The quantitative estimate of drug-likeness (QED) is 0.780. The molecular weight excluding hydrogens is 178 g/mol. The fourth-order valence-electron chi connectivity index (χ4n) is 1.33. The summed E-state index contributed by atoms with van der Waals surface area (Å²) in [6, 6.07) is 0. The Balaban J connectivity index is 2.77. The van der Waals surface area contributed by atoms with Crippen LogP contribution in [0, 0.1) is 20.8 Å². The third kappa shape index (κ3) is 2.13. The molecule has 1 N–H and O–H groups in total. The summed E-state index contributed by atoms with van der Waals surface area (Å²) in [6.07, 6.45) is 0. The Kier molecular flexibility index (Phi) is 3.28. The zero-order chi connectivity index (χ0) is 10.7. The molecule has 0 unspecified atom stereocenters. The van der Waals surface area contributed by atoms with Gasteiger partial charge in [0.15, 0.2) is 0 Å². The van der Waals surface area contributed by atoms with E-state index in [4.69, 9.17) is 0 Å². The average molecular weight is 195 g/mol. The number of hydrogen-bond acceptors (Lipinski definition) is 2. The largest absolute Gasteiger partial charge is 0.355 e. The van der Waals surface area contributed by atoms with E-state index in [1.807, 2.05) is 27.7 Å². The van der Waals surface area contributed by atoms with E-state index < -0.39 is 0 Å². The third-order valence-corrected chi connectivity index (χ3v) is 2.41. The molecule has 0 atom stereocenters. The van der Waals surface area contributed by atoms with Crippen LogP contribution in [0.15, 0.2) is 0 Å². The maximum atomic E-state index is 11.3. The van der Waals surface area contributed by atoms with Crippen LogP contribution in [0.2, 0.25) is 0 Å². The van der Waals surface area contributed by atoms with E-state index in [1.54, 1.807) is 4.68 Å². The minimum absolute atomic E-state index is 0.0121. The lowest BCUT2D eigenvalue weighted by molar-refractivity contribution is -0.121. The minimum atomic E-state index is 0.0121. The van der Waals surface area contributed by atoms with Crippen LogP contribution >= 0.6 is 0 Å². The summed E-state index contributed by atoms with van der Waals surface area (Å²) in [6.45, 7) is 8.84. The lowest BCUT2D eigenvalue weighted by atomic mass is 10.2. The van der Waals surface area contributed by atoms with Crippen molar-refractivity contribution in [2.75, 3.05) is 6.54 Å². The topological polar surface area (TPSA) is 46.9 Å². The summed E-state index contributed by atoms with van der Waals surface area (Å²) < 4.78 is 1.75. The molecule has 78 valence electrons. The fourth-order valence-corrected chi connectivity index (χ4v) is 1.33. The molecule has 0 bridgehead atoms. The molecule has 4 heteroatoms. The van der Waals surface area contributed by atoms with Crippen molar-refractivity contribution < 1.29 is 4.79 Å². The van der Waals surface area contributed by atoms with E-state index in [9.17, 15) is 4.79 Å². The van der Waals surface area contributed by atoms with E-state index in [0.717, 1.165) is 17.0 Å². The van der Waals surface area contributed by atoms with Crippen LogP contribution in [0.1, 0.15) is 23.9 Å². The minimum Gasteiger partial charge on any atom is -0.355 e. The molecule has 0 spiro atoms. The zero-order valence-electron chi connectivity index (χ0n) is 9.22. The first-order valence-corrected chi connectivity index (χ1v) is 4.83. The first-order valence-electron chi connectivity index (χ1n) is 4.83. The van der Waals surface area contributed by atoms with Gasteiger partial charge < -0.3 is 5.32 Å². The standard InChI is InChI=1S/C10H17N3O/c1-5-11-10(14)6-13-9(4)7(2)8(3)12-13/h5-6H2,1-4H3,(H,11,14). The second-order valence-electron chi connectivity index (χ2n) is 3.41. The van der Waals surface area contributed by atoms with Gasteiger partial charge >= 0.3 is 0 Å². The maximum absolute atomic E-state index is 11.3. The molecule has 1 heterocycles. The zero-order valence-corrected chi connectivity index (χ0v) is 9.22. The van der Waals surface area contributed by atoms with Crippen molar-refractivity contribution in [2.45, 2.75) is 34.2 Å². The van der Waals surface area contributed by atoms with Crippen LogP contribution < -0.4 is 5.32 Å². The van der Waals surface area contributed by atoms with Crippen LogP contribution in [0.4, 0.5) is 0 Å². The van der Waals surface area contributed by atoms with Gasteiger partial charge in [-0.25, -0.2) is 0 Å². The number of aromatic nitrogens is 2. The number of nitrogens with one attached hydrogen (secondary N) is 1. The molecule has 14 heavy (non-hydrogen) atoms. The Hall–Kier alpha value is -1.32. The number of likely N-dealkylation sites (N-methyl/N-ethyl adjacent to an activating group) is 1. The Morgan fingerprint density at radius 1 is 1.43 bits per heavy atom. The lowest BCUT2D eigenvalue weighted by Crippen LogP contribution is -2.28. The van der Waals surface area contributed by atoms with Gasteiger partial charge in [-0.3, -0.25) is 9.48 Å². The molecule has 0 saturated carbocycles. The van der Waals surface area contributed by atoms with Gasteiger partial charge in [0.25, 0.3) is 0 Å². The van der Waals surface area contributed by atoms with Crippen molar-refractivity contribution in [1.29, 1.82) is 0 Å². The van der Waals surface area contributed by atoms with Crippen LogP contribution in [-0.2, 0) is 11.3 Å². The van der Waals surface area contributed by atoms with E-state index >= 15 is 0 Å². The molecule has 0 aliphatic rings. The molecule has 0 radical (unpaired) electrons. The smallest absolute Gasteiger partial charge is 0.241 e. The number of aryl methyl sites for hydroxylation is 1. The van der Waals surface area contributed by atoms with E-state index in [1.165, 1.54) is 0 Å². The monoisotopic (exact) mass is 195 g/mol. The maximum Gasteiger partial charge on any atom is 0.241 e. The highest BCUT2D eigenvalue weighted by atomic mass is 16.2. The highest BCUT2D eigenvalue weighted by Gasteiger charge is 2.09. The van der Waals surface area contributed by atoms with Crippen molar-refractivity contribution in [2.24, 2.45) is 0 Å². The summed E-state index contributed by atoms with van der Waals surface area (Å²) in [5, 5.41) is 7.04. The Morgan fingerprint density at radius 3 is 2.50 bits per heavy atom. The van der Waals surface area contributed by atoms with Crippen molar-refractivity contribution in [3.63, 3.8) is 0 Å². The Labute approximate surface area is 84.3 Å². The van der Waals surface area contributed by atoms with Gasteiger partial charge in [-0.1, -0.05) is 0 Å². The van der Waals surface area contributed by atoms with Gasteiger partial charge in [0.1, 0.15) is 6.54 Å². The Morgan fingerprint density at radius 2 is 2.07 bits per heavy atom. The summed E-state index contributed by atoms with van der Waals surface area (Å²) in [5.41, 5.74) is 3.22. The summed E-state index contributed by atoms with van der Waals surface area (Å²) in [7, 11) is 0. The molecule has 1 aromatic rings. The number of hydrogen-bond donors (Lipinski definition) is 1. The highest BCUT2D eigenvalue weighted by molar-refractivity contribution is 5.75. The molecule has 1 aromatic heterocycles. The second-order valence-corrected chi connectivity index (χ2v) is 3.41. The van der Waals surface area contributed by atoms with Gasteiger partial charge in [-0.05, 0) is 33.3 Å². The fraction of sp³-hybridized carbons (Fsp3) is 0.600. The first kappa shape index (κ1) is 10.8. The Bertz CT molecular complexity index is 341. The molecule has 0 fully saturated rings. The predicted molar refractivity (Wildman–Crippen MR) is 55.1 cm³/mol. The number of carbonyl (C=O) groups is 1. The van der Waals surface area contributed by atoms with Crippen molar-refractivity contribution in [1.82, 2.24) is 15.1 Å². The molecule has 1 rings (SSSR count). The average Bonchev–Trinajstić information content (AvgIpc) is 2.34. The number of rotatable bonds is 3. The van der Waals surface area contributed by atoms with Crippen LogP contribution in [0.25, 0.3) is 0 Å². The van der Waals surface area contributed by atoms with Gasteiger partial charge in [-0.15, -0.1) is 0 Å². The number of carbonyl (C=O) groups excluding carboxylic acids is 1. The summed E-state index contributed by atoms with van der Waals surface area (Å²) >= 11 is 0. The van der Waals surface area contributed by atoms with E-state index in [0.29, 0.717) is 13.1 Å². The molecule has 0 aliphatic heterocycles. The number of nitrogens with zero attached hydrogens (tertiary/aromatic N) is 2. The normalized spacial score (nSPS) is 10.3. The van der Waals surface area contributed by atoms with Gasteiger partial charge in [-0.2, -0.15) is 5.10 Å². The summed E-state index contributed by atoms with van der Waals surface area (Å²) in [5.74, 6) is 0.0121. The van der Waals surface area contributed by atoms with Crippen molar-refractivity contribution in [3.05, 3.63) is 17.0 Å². The molecule has 0 saturated heterocycles. The SMILES string of the molecule is CCNC(=O)Cn1nc(C)c(C)c1C. The van der Waals surface area contributed by atoms with Crippen molar-refractivity contribution in [3.8, 4) is 0 Å². The second kappa shape index (κ2) is 4.26. The molecule has 0 aliphatic carbocycles. The van der Waals surface area contributed by atoms with Crippen LogP contribution in [0.3, 0.4) is 0 Å². The predicted octanol–water partition coefficient (Wildman–Crippen LogP) is 0.944. The van der Waals surface area contributed by atoms with Crippen LogP contribution in [-0.4, -0.2) is 22.2 Å². The lowest BCUT2D eigenvalue weighted by Gasteiger charge is -2.04.